The zero-order valence-corrected chi connectivity index (χ0v) is 14.0. The normalized spacial score (nSPS) is 14.4. The molecule has 3 heterocycles. The molecular formula is C20H19N3O2. The van der Waals surface area contributed by atoms with Crippen LogP contribution in [0.15, 0.2) is 47.7 Å². The highest BCUT2D eigenvalue weighted by Gasteiger charge is 2.24. The molecule has 1 aromatic carbocycles. The maximum Gasteiger partial charge on any atom is 0.272 e. The first-order valence-electron chi connectivity index (χ1n) is 8.62. The van der Waals surface area contributed by atoms with Crippen molar-refractivity contribution in [3.8, 4) is 16.9 Å². The zero-order valence-electron chi connectivity index (χ0n) is 14.0. The van der Waals surface area contributed by atoms with Gasteiger partial charge in [-0.25, -0.2) is 0 Å². The maximum absolute atomic E-state index is 12.3. The molecule has 1 fully saturated rings. The molecule has 1 aliphatic carbocycles. The highest BCUT2D eigenvalue weighted by atomic mass is 16.5. The molecule has 0 unspecified atom stereocenters. The monoisotopic (exact) mass is 333 g/mol. The van der Waals surface area contributed by atoms with Gasteiger partial charge in [0.2, 0.25) is 0 Å². The molecule has 0 amide bonds. The quantitative estimate of drug-likeness (QED) is 0.596. The number of fused-ring (bicyclic) bond motifs is 2. The second kappa shape index (κ2) is 5.28. The Hall–Kier alpha value is -2.95. The van der Waals surface area contributed by atoms with Crippen molar-refractivity contribution in [3.63, 3.8) is 0 Å². The van der Waals surface area contributed by atoms with E-state index < -0.39 is 0 Å². The van der Waals surface area contributed by atoms with Gasteiger partial charge < -0.3 is 19.3 Å². The van der Waals surface area contributed by atoms with E-state index in [9.17, 15) is 4.79 Å². The van der Waals surface area contributed by atoms with Crippen molar-refractivity contribution in [2.45, 2.75) is 12.8 Å². The molecule has 0 radical (unpaired) electrons. The molecule has 126 valence electrons. The molecule has 0 bridgehead atoms. The van der Waals surface area contributed by atoms with Crippen LogP contribution in [0, 0.1) is 5.92 Å². The Balaban J connectivity index is 1.79. The van der Waals surface area contributed by atoms with Gasteiger partial charge in [0.05, 0.1) is 6.61 Å². The molecule has 0 saturated heterocycles. The fraction of sp³-hybridized carbons (Fsp3) is 0.250. The molecule has 25 heavy (non-hydrogen) atoms. The number of ether oxygens (including phenoxy) is 1. The van der Waals surface area contributed by atoms with Gasteiger partial charge in [-0.05, 0) is 43.0 Å². The third kappa shape index (κ3) is 2.27. The van der Waals surface area contributed by atoms with Gasteiger partial charge in [-0.1, -0.05) is 0 Å². The van der Waals surface area contributed by atoms with Gasteiger partial charge in [0.1, 0.15) is 11.3 Å². The molecular weight excluding hydrogens is 314 g/mol. The summed E-state index contributed by atoms with van der Waals surface area (Å²) in [5.74, 6) is 1.57. The fourth-order valence-electron chi connectivity index (χ4n) is 3.57. The standard InChI is InChI=1S/C20H19N3O2/c1-23-10-15(13-6-9-22-20(24)19(13)23)18-14-7-8-21-16(14)4-5-17(18)25-11-12-2-3-12/h4-10,12,21H,2-3,11H2,1H3,(H,22,24). The highest BCUT2D eigenvalue weighted by Crippen LogP contribution is 2.41. The first-order chi connectivity index (χ1) is 12.2. The van der Waals surface area contributed by atoms with Crippen LogP contribution in [0.25, 0.3) is 32.9 Å². The molecule has 3 aromatic heterocycles. The van der Waals surface area contributed by atoms with Crippen LogP contribution in [0.4, 0.5) is 0 Å². The van der Waals surface area contributed by atoms with E-state index in [-0.39, 0.29) is 5.56 Å². The number of pyridine rings is 1. The number of hydrogen-bond acceptors (Lipinski definition) is 2. The van der Waals surface area contributed by atoms with E-state index in [0.717, 1.165) is 39.8 Å². The Morgan fingerprint density at radius 1 is 1.12 bits per heavy atom. The number of rotatable bonds is 4. The molecule has 1 aliphatic rings. The summed E-state index contributed by atoms with van der Waals surface area (Å²) in [6.07, 6.45) is 8.18. The molecule has 5 rings (SSSR count). The number of hydrogen-bond donors (Lipinski definition) is 2. The van der Waals surface area contributed by atoms with E-state index in [4.69, 9.17) is 4.74 Å². The lowest BCUT2D eigenvalue weighted by molar-refractivity contribution is 0.301. The summed E-state index contributed by atoms with van der Waals surface area (Å²) in [6, 6.07) is 8.12. The minimum absolute atomic E-state index is 0.0760. The summed E-state index contributed by atoms with van der Waals surface area (Å²) in [5.41, 5.74) is 3.75. The van der Waals surface area contributed by atoms with Gasteiger partial charge >= 0.3 is 0 Å². The number of aromatic amines is 2. The number of nitrogens with one attached hydrogen (secondary N) is 2. The third-order valence-electron chi connectivity index (χ3n) is 5.04. The minimum Gasteiger partial charge on any atom is -0.493 e. The second-order valence-electron chi connectivity index (χ2n) is 6.85. The van der Waals surface area contributed by atoms with Crippen LogP contribution in [0.1, 0.15) is 12.8 Å². The molecule has 5 nitrogen and oxygen atoms in total. The van der Waals surface area contributed by atoms with Gasteiger partial charge in [-0.2, -0.15) is 0 Å². The number of benzene rings is 1. The lowest BCUT2D eigenvalue weighted by atomic mass is 10.0. The maximum atomic E-state index is 12.3. The summed E-state index contributed by atoms with van der Waals surface area (Å²) >= 11 is 0. The number of aromatic nitrogens is 3. The third-order valence-corrected chi connectivity index (χ3v) is 5.04. The Morgan fingerprint density at radius 2 is 1.92 bits per heavy atom. The predicted molar refractivity (Wildman–Crippen MR) is 99.1 cm³/mol. The van der Waals surface area contributed by atoms with Crippen molar-refractivity contribution < 1.29 is 4.74 Å². The molecule has 4 aromatic rings. The van der Waals surface area contributed by atoms with E-state index in [2.05, 4.69) is 22.1 Å². The van der Waals surface area contributed by atoms with Gasteiger partial charge in [0.15, 0.2) is 0 Å². The van der Waals surface area contributed by atoms with E-state index in [1.54, 1.807) is 6.20 Å². The van der Waals surface area contributed by atoms with Crippen molar-refractivity contribution in [1.29, 1.82) is 0 Å². The van der Waals surface area contributed by atoms with Crippen LogP contribution >= 0.6 is 0 Å². The van der Waals surface area contributed by atoms with Crippen molar-refractivity contribution in [1.82, 2.24) is 14.5 Å². The van der Waals surface area contributed by atoms with E-state index >= 15 is 0 Å². The summed E-state index contributed by atoms with van der Waals surface area (Å²) in [4.78, 5) is 18.3. The molecule has 0 spiro atoms. The molecule has 5 heteroatoms. The summed E-state index contributed by atoms with van der Waals surface area (Å²) in [6.45, 7) is 0.758. The van der Waals surface area contributed by atoms with Gasteiger partial charge in [0, 0.05) is 53.1 Å². The Morgan fingerprint density at radius 3 is 2.76 bits per heavy atom. The van der Waals surface area contributed by atoms with Crippen LogP contribution < -0.4 is 10.3 Å². The van der Waals surface area contributed by atoms with Crippen LogP contribution in [0.2, 0.25) is 0 Å². The van der Waals surface area contributed by atoms with Crippen LogP contribution in [0.5, 0.6) is 5.75 Å². The van der Waals surface area contributed by atoms with Crippen molar-refractivity contribution in [2.24, 2.45) is 13.0 Å². The van der Waals surface area contributed by atoms with Crippen LogP contribution in [0.3, 0.4) is 0 Å². The van der Waals surface area contributed by atoms with Gasteiger partial charge in [0.25, 0.3) is 5.56 Å². The van der Waals surface area contributed by atoms with Crippen molar-refractivity contribution in [2.75, 3.05) is 6.61 Å². The number of H-pyrrole nitrogens is 2. The summed E-state index contributed by atoms with van der Waals surface area (Å²) < 4.78 is 8.06. The van der Waals surface area contributed by atoms with E-state index in [1.807, 2.05) is 36.1 Å². The van der Waals surface area contributed by atoms with E-state index in [0.29, 0.717) is 11.4 Å². The largest absolute Gasteiger partial charge is 0.493 e. The van der Waals surface area contributed by atoms with Crippen molar-refractivity contribution in [3.05, 3.63) is 53.2 Å². The van der Waals surface area contributed by atoms with Gasteiger partial charge in [-0.3, -0.25) is 4.79 Å². The second-order valence-corrected chi connectivity index (χ2v) is 6.85. The molecule has 2 N–H and O–H groups in total. The van der Waals surface area contributed by atoms with Crippen molar-refractivity contribution >= 4 is 21.8 Å². The lowest BCUT2D eigenvalue weighted by Crippen LogP contribution is -2.07. The molecule has 1 saturated carbocycles. The van der Waals surface area contributed by atoms with Gasteiger partial charge in [-0.15, -0.1) is 0 Å². The number of nitrogens with zero attached hydrogens (tertiary/aromatic N) is 1. The van der Waals surface area contributed by atoms with Crippen LogP contribution in [-0.2, 0) is 7.05 Å². The highest BCUT2D eigenvalue weighted by molar-refractivity contribution is 6.06. The van der Waals surface area contributed by atoms with Crippen LogP contribution in [-0.4, -0.2) is 21.1 Å². The average Bonchev–Trinajstić information content (AvgIpc) is 3.21. The SMILES string of the molecule is Cn1cc(-c2c(OCC3CC3)ccc3[nH]ccc23)c2cc[nH]c(=O)c21. The minimum atomic E-state index is -0.0760. The van der Waals surface area contributed by atoms with E-state index in [1.165, 1.54) is 12.8 Å². The smallest absolute Gasteiger partial charge is 0.272 e. The predicted octanol–water partition coefficient (Wildman–Crippen LogP) is 3.80. The zero-order chi connectivity index (χ0) is 17.0. The fourth-order valence-corrected chi connectivity index (χ4v) is 3.57. The first kappa shape index (κ1) is 14.4. The lowest BCUT2D eigenvalue weighted by Gasteiger charge is -2.12. The molecule has 0 atom stereocenters. The topological polar surface area (TPSA) is 62.8 Å². The summed E-state index contributed by atoms with van der Waals surface area (Å²) in [7, 11) is 1.91. The first-order valence-corrected chi connectivity index (χ1v) is 8.62. The Labute approximate surface area is 144 Å². The Bertz CT molecular complexity index is 1140. The Kier molecular flexibility index (Phi) is 3.04. The average molecular weight is 333 g/mol. The number of aryl methyl sites for hydroxylation is 1. The summed E-state index contributed by atoms with van der Waals surface area (Å²) in [5, 5.41) is 2.05. The molecule has 0 aliphatic heterocycles.